The number of nitrogens with one attached hydrogen (secondary N) is 1. The second-order valence-electron chi connectivity index (χ2n) is 8.19. The van der Waals surface area contributed by atoms with E-state index in [1.807, 2.05) is 30.0 Å². The third-order valence-electron chi connectivity index (χ3n) is 5.95. The number of unbranched alkanes of at least 4 members (excludes halogenated alkanes) is 3. The summed E-state index contributed by atoms with van der Waals surface area (Å²) in [4.78, 5) is 31.4. The predicted molar refractivity (Wildman–Crippen MR) is 119 cm³/mol. The van der Waals surface area contributed by atoms with Crippen LogP contribution in [0.5, 0.6) is 0 Å². The van der Waals surface area contributed by atoms with Gasteiger partial charge in [-0.1, -0.05) is 26.2 Å². The van der Waals surface area contributed by atoms with Crippen LogP contribution in [0, 0.1) is 6.92 Å². The van der Waals surface area contributed by atoms with Gasteiger partial charge in [0.25, 0.3) is 5.91 Å². The topological polar surface area (TPSA) is 65.1 Å². The van der Waals surface area contributed by atoms with Crippen LogP contribution in [-0.2, 0) is 4.74 Å². The molecule has 0 bridgehead atoms. The van der Waals surface area contributed by atoms with E-state index in [0.717, 1.165) is 70.0 Å². The Hall–Kier alpha value is -2.12. The predicted octanol–water partition coefficient (Wildman–Crippen LogP) is 2.88. The molecule has 2 heterocycles. The molecule has 166 valence electrons. The Bertz CT molecular complexity index is 718. The summed E-state index contributed by atoms with van der Waals surface area (Å²) < 4.78 is 5.43. The van der Waals surface area contributed by atoms with Gasteiger partial charge in [0.05, 0.1) is 13.2 Å². The molecule has 1 aromatic rings. The van der Waals surface area contributed by atoms with Gasteiger partial charge >= 0.3 is 6.03 Å². The van der Waals surface area contributed by atoms with Crippen LogP contribution in [0.15, 0.2) is 18.2 Å². The van der Waals surface area contributed by atoms with Crippen molar-refractivity contribution in [2.24, 2.45) is 0 Å². The first-order valence-electron chi connectivity index (χ1n) is 11.4. The highest BCUT2D eigenvalue weighted by Crippen LogP contribution is 2.23. The number of carbonyl (C=O) groups excluding carboxylic acids is 2. The van der Waals surface area contributed by atoms with Gasteiger partial charge in [0, 0.05) is 57.1 Å². The fourth-order valence-electron chi connectivity index (χ4n) is 4.11. The third kappa shape index (κ3) is 5.95. The second-order valence-corrected chi connectivity index (χ2v) is 8.19. The maximum absolute atomic E-state index is 13.3. The molecule has 2 saturated heterocycles. The first-order chi connectivity index (χ1) is 14.6. The molecule has 0 atom stereocenters. The number of carbonyl (C=O) groups is 2. The monoisotopic (exact) mass is 416 g/mol. The average Bonchev–Trinajstić information content (AvgIpc) is 3.19. The Morgan fingerprint density at radius 2 is 1.93 bits per heavy atom. The number of benzene rings is 1. The van der Waals surface area contributed by atoms with E-state index in [-0.39, 0.29) is 11.9 Å². The molecule has 2 aliphatic heterocycles. The molecule has 0 radical (unpaired) electrons. The summed E-state index contributed by atoms with van der Waals surface area (Å²) in [5.41, 5.74) is 2.54. The van der Waals surface area contributed by atoms with Crippen molar-refractivity contribution in [1.82, 2.24) is 15.1 Å². The number of aryl methyl sites for hydroxylation is 1. The Kier molecular flexibility index (Phi) is 8.51. The first-order valence-corrected chi connectivity index (χ1v) is 11.4. The maximum Gasteiger partial charge on any atom is 0.322 e. The molecule has 1 N–H and O–H groups in total. The molecular weight excluding hydrogens is 380 g/mol. The molecule has 2 aliphatic rings. The second kappa shape index (κ2) is 11.3. The van der Waals surface area contributed by atoms with Crippen molar-refractivity contribution >= 4 is 17.6 Å². The molecule has 0 spiro atoms. The van der Waals surface area contributed by atoms with Crippen molar-refractivity contribution in [1.29, 1.82) is 0 Å². The summed E-state index contributed by atoms with van der Waals surface area (Å²) in [6.45, 7) is 11.3. The van der Waals surface area contributed by atoms with Gasteiger partial charge < -0.3 is 15.0 Å². The summed E-state index contributed by atoms with van der Waals surface area (Å²) in [6, 6.07) is 5.63. The van der Waals surface area contributed by atoms with Crippen LogP contribution in [0.25, 0.3) is 0 Å². The summed E-state index contributed by atoms with van der Waals surface area (Å²) in [7, 11) is 0. The van der Waals surface area contributed by atoms with Gasteiger partial charge in [0.15, 0.2) is 0 Å². The Balaban J connectivity index is 1.66. The highest BCUT2D eigenvalue weighted by molar-refractivity contribution is 5.98. The molecule has 0 aromatic heterocycles. The lowest BCUT2D eigenvalue weighted by Gasteiger charge is -2.30. The van der Waals surface area contributed by atoms with Crippen molar-refractivity contribution in [2.45, 2.75) is 39.5 Å². The zero-order valence-electron chi connectivity index (χ0n) is 18.5. The fourth-order valence-corrected chi connectivity index (χ4v) is 4.11. The minimum Gasteiger partial charge on any atom is -0.379 e. The number of hydrogen-bond donors (Lipinski definition) is 1. The standard InChI is InChI=1S/C23H36N4O3/c1-3-4-5-6-10-26(13-12-25-14-16-30-17-15-25)22(28)20-7-8-21(19(2)18-20)27-11-9-24-23(27)29/h7-8,18H,3-6,9-17H2,1-2H3,(H,24,29). The third-order valence-corrected chi connectivity index (χ3v) is 5.95. The van der Waals surface area contributed by atoms with Crippen LogP contribution >= 0.6 is 0 Å². The number of anilines is 1. The van der Waals surface area contributed by atoms with Crippen molar-refractivity contribution in [3.05, 3.63) is 29.3 Å². The van der Waals surface area contributed by atoms with Gasteiger partial charge in [-0.3, -0.25) is 14.6 Å². The quantitative estimate of drug-likeness (QED) is 0.596. The molecule has 3 amide bonds. The van der Waals surface area contributed by atoms with Crippen LogP contribution in [-0.4, -0.2) is 80.8 Å². The molecule has 1 aromatic carbocycles. The van der Waals surface area contributed by atoms with Crippen LogP contribution in [0.1, 0.15) is 48.5 Å². The van der Waals surface area contributed by atoms with E-state index in [0.29, 0.717) is 18.7 Å². The zero-order chi connectivity index (χ0) is 21.3. The lowest BCUT2D eigenvalue weighted by molar-refractivity contribution is 0.0324. The van der Waals surface area contributed by atoms with Gasteiger partial charge in [-0.05, 0) is 37.1 Å². The van der Waals surface area contributed by atoms with E-state index in [1.165, 1.54) is 12.8 Å². The van der Waals surface area contributed by atoms with Crippen LogP contribution < -0.4 is 10.2 Å². The van der Waals surface area contributed by atoms with E-state index >= 15 is 0 Å². The Labute approximate surface area is 180 Å². The Morgan fingerprint density at radius 1 is 1.13 bits per heavy atom. The number of amides is 3. The highest BCUT2D eigenvalue weighted by Gasteiger charge is 2.24. The van der Waals surface area contributed by atoms with Crippen molar-refractivity contribution in [3.63, 3.8) is 0 Å². The summed E-state index contributed by atoms with van der Waals surface area (Å²) in [5.74, 6) is 0.0836. The van der Waals surface area contributed by atoms with Gasteiger partial charge in [0.1, 0.15) is 0 Å². The van der Waals surface area contributed by atoms with E-state index in [1.54, 1.807) is 4.90 Å². The number of urea groups is 1. The molecule has 0 unspecified atom stereocenters. The summed E-state index contributed by atoms with van der Waals surface area (Å²) >= 11 is 0. The van der Waals surface area contributed by atoms with Crippen LogP contribution in [0.2, 0.25) is 0 Å². The molecule has 0 aliphatic carbocycles. The van der Waals surface area contributed by atoms with Crippen molar-refractivity contribution < 1.29 is 14.3 Å². The lowest BCUT2D eigenvalue weighted by Crippen LogP contribution is -2.43. The van der Waals surface area contributed by atoms with Gasteiger partial charge in [0.2, 0.25) is 0 Å². The van der Waals surface area contributed by atoms with E-state index in [4.69, 9.17) is 4.74 Å². The number of ether oxygens (including phenoxy) is 1. The zero-order valence-corrected chi connectivity index (χ0v) is 18.5. The molecule has 30 heavy (non-hydrogen) atoms. The lowest BCUT2D eigenvalue weighted by atomic mass is 10.1. The molecule has 2 fully saturated rings. The number of morpholine rings is 1. The normalized spacial score (nSPS) is 17.3. The molecular formula is C23H36N4O3. The SMILES string of the molecule is CCCCCCN(CCN1CCOCC1)C(=O)c1ccc(N2CCNC2=O)c(C)c1. The minimum absolute atomic E-state index is 0.0692. The summed E-state index contributed by atoms with van der Waals surface area (Å²) in [6.07, 6.45) is 4.58. The van der Waals surface area contributed by atoms with Gasteiger partial charge in [-0.2, -0.15) is 0 Å². The molecule has 0 saturated carbocycles. The smallest absolute Gasteiger partial charge is 0.322 e. The molecule has 3 rings (SSSR count). The largest absolute Gasteiger partial charge is 0.379 e. The number of rotatable bonds is 10. The van der Waals surface area contributed by atoms with Gasteiger partial charge in [-0.25, -0.2) is 4.79 Å². The van der Waals surface area contributed by atoms with Crippen LogP contribution in [0.3, 0.4) is 0 Å². The maximum atomic E-state index is 13.3. The van der Waals surface area contributed by atoms with E-state index in [2.05, 4.69) is 17.1 Å². The minimum atomic E-state index is -0.0692. The van der Waals surface area contributed by atoms with Gasteiger partial charge in [-0.15, -0.1) is 0 Å². The Morgan fingerprint density at radius 3 is 2.60 bits per heavy atom. The number of hydrogen-bond acceptors (Lipinski definition) is 4. The van der Waals surface area contributed by atoms with E-state index < -0.39 is 0 Å². The van der Waals surface area contributed by atoms with Crippen molar-refractivity contribution in [2.75, 3.05) is 63.9 Å². The van der Waals surface area contributed by atoms with Crippen LogP contribution in [0.4, 0.5) is 10.5 Å². The highest BCUT2D eigenvalue weighted by atomic mass is 16.5. The van der Waals surface area contributed by atoms with Crippen molar-refractivity contribution in [3.8, 4) is 0 Å². The average molecular weight is 417 g/mol. The fraction of sp³-hybridized carbons (Fsp3) is 0.652. The summed E-state index contributed by atoms with van der Waals surface area (Å²) in [5, 5.41) is 2.83. The molecule has 7 heteroatoms. The number of nitrogens with zero attached hydrogens (tertiary/aromatic N) is 3. The first kappa shape index (κ1) is 22.6. The van der Waals surface area contributed by atoms with E-state index in [9.17, 15) is 9.59 Å². The molecule has 7 nitrogen and oxygen atoms in total.